The summed E-state index contributed by atoms with van der Waals surface area (Å²) >= 11 is 0. The zero-order chi connectivity index (χ0) is 22.6. The fourth-order valence-corrected chi connectivity index (χ4v) is 5.28. The fourth-order valence-electron chi connectivity index (χ4n) is 3.18. The predicted octanol–water partition coefficient (Wildman–Crippen LogP) is 1.61. The summed E-state index contributed by atoms with van der Waals surface area (Å²) in [6, 6.07) is 10.1. The van der Waals surface area contributed by atoms with Gasteiger partial charge in [0.15, 0.2) is 0 Å². The molecule has 1 aliphatic heterocycles. The number of nitrogens with one attached hydrogen (secondary N) is 3. The molecule has 11 heteroatoms. The van der Waals surface area contributed by atoms with Crippen LogP contribution >= 0.6 is 0 Å². The minimum Gasteiger partial charge on any atom is -0.377 e. The Morgan fingerprint density at radius 1 is 1.10 bits per heavy atom. The van der Waals surface area contributed by atoms with E-state index in [2.05, 4.69) is 14.8 Å². The lowest BCUT2D eigenvalue weighted by Crippen LogP contribution is -2.32. The number of sulfonamides is 2. The zero-order valence-electron chi connectivity index (χ0n) is 17.2. The molecule has 2 aromatic carbocycles. The molecule has 3 N–H and O–H groups in total. The number of anilines is 1. The smallest absolute Gasteiger partial charge is 0.255 e. The van der Waals surface area contributed by atoms with Crippen molar-refractivity contribution >= 4 is 31.6 Å². The molecular weight excluding hydrogens is 442 g/mol. The number of benzene rings is 2. The molecule has 168 valence electrons. The van der Waals surface area contributed by atoms with E-state index in [1.807, 2.05) is 0 Å². The van der Waals surface area contributed by atoms with Gasteiger partial charge in [-0.25, -0.2) is 26.3 Å². The third-order valence-electron chi connectivity index (χ3n) is 4.94. The SMILES string of the molecule is CNS(=O)(=O)c1cc(NC(=O)c2cccc(S(=O)(=O)NCC3CCCO3)c2)ccc1C. The monoisotopic (exact) mass is 467 g/mol. The summed E-state index contributed by atoms with van der Waals surface area (Å²) in [7, 11) is -6.20. The maximum Gasteiger partial charge on any atom is 0.255 e. The van der Waals surface area contributed by atoms with Crippen molar-refractivity contribution in [1.82, 2.24) is 9.44 Å². The molecule has 1 amide bonds. The molecule has 1 unspecified atom stereocenters. The van der Waals surface area contributed by atoms with Crippen LogP contribution in [0, 0.1) is 6.92 Å². The van der Waals surface area contributed by atoms with Crippen LogP contribution < -0.4 is 14.8 Å². The molecule has 0 saturated carbocycles. The lowest BCUT2D eigenvalue weighted by molar-refractivity contribution is 0.102. The van der Waals surface area contributed by atoms with E-state index >= 15 is 0 Å². The molecule has 1 fully saturated rings. The van der Waals surface area contributed by atoms with Crippen LogP contribution in [0.25, 0.3) is 0 Å². The van der Waals surface area contributed by atoms with E-state index in [9.17, 15) is 21.6 Å². The minimum absolute atomic E-state index is 0.0412. The molecule has 0 radical (unpaired) electrons. The summed E-state index contributed by atoms with van der Waals surface area (Å²) in [5.41, 5.74) is 0.922. The van der Waals surface area contributed by atoms with E-state index in [0.29, 0.717) is 12.2 Å². The number of amides is 1. The van der Waals surface area contributed by atoms with Gasteiger partial charge in [-0.05, 0) is 62.7 Å². The van der Waals surface area contributed by atoms with Gasteiger partial charge in [0, 0.05) is 24.4 Å². The van der Waals surface area contributed by atoms with Gasteiger partial charge in [0.25, 0.3) is 5.91 Å². The van der Waals surface area contributed by atoms with Crippen molar-refractivity contribution in [1.29, 1.82) is 0 Å². The Labute approximate surface area is 182 Å². The van der Waals surface area contributed by atoms with Crippen LogP contribution in [0.3, 0.4) is 0 Å². The van der Waals surface area contributed by atoms with E-state index in [4.69, 9.17) is 4.74 Å². The van der Waals surface area contributed by atoms with E-state index in [0.717, 1.165) is 12.8 Å². The van der Waals surface area contributed by atoms with Crippen LogP contribution in [-0.2, 0) is 24.8 Å². The largest absolute Gasteiger partial charge is 0.377 e. The quantitative estimate of drug-likeness (QED) is 0.541. The number of hydrogen-bond donors (Lipinski definition) is 3. The van der Waals surface area contributed by atoms with Gasteiger partial charge in [-0.3, -0.25) is 4.79 Å². The average molecular weight is 468 g/mol. The Morgan fingerprint density at radius 3 is 2.55 bits per heavy atom. The van der Waals surface area contributed by atoms with Gasteiger partial charge in [-0.15, -0.1) is 0 Å². The number of carbonyl (C=O) groups excluding carboxylic acids is 1. The van der Waals surface area contributed by atoms with Gasteiger partial charge in [-0.1, -0.05) is 12.1 Å². The van der Waals surface area contributed by atoms with Gasteiger partial charge >= 0.3 is 0 Å². The second kappa shape index (κ2) is 9.45. The van der Waals surface area contributed by atoms with Crippen LogP contribution in [0.2, 0.25) is 0 Å². The maximum atomic E-state index is 12.7. The zero-order valence-corrected chi connectivity index (χ0v) is 18.8. The van der Waals surface area contributed by atoms with Crippen LogP contribution in [0.1, 0.15) is 28.8 Å². The molecule has 2 aromatic rings. The van der Waals surface area contributed by atoms with Crippen LogP contribution in [0.15, 0.2) is 52.3 Å². The molecule has 0 aromatic heterocycles. The van der Waals surface area contributed by atoms with Crippen molar-refractivity contribution in [2.45, 2.75) is 35.7 Å². The molecule has 1 atom stereocenters. The topological polar surface area (TPSA) is 131 Å². The van der Waals surface area contributed by atoms with Gasteiger partial charge in [0.2, 0.25) is 20.0 Å². The van der Waals surface area contributed by atoms with Gasteiger partial charge in [0.05, 0.1) is 15.9 Å². The maximum absolute atomic E-state index is 12.7. The van der Waals surface area contributed by atoms with Crippen molar-refractivity contribution in [2.75, 3.05) is 25.5 Å². The van der Waals surface area contributed by atoms with Gasteiger partial charge in [0.1, 0.15) is 0 Å². The van der Waals surface area contributed by atoms with Crippen molar-refractivity contribution in [3.63, 3.8) is 0 Å². The van der Waals surface area contributed by atoms with Crippen molar-refractivity contribution in [2.24, 2.45) is 0 Å². The summed E-state index contributed by atoms with van der Waals surface area (Å²) in [4.78, 5) is 12.7. The summed E-state index contributed by atoms with van der Waals surface area (Å²) in [6.45, 7) is 2.44. The molecule has 9 nitrogen and oxygen atoms in total. The highest BCUT2D eigenvalue weighted by atomic mass is 32.2. The summed E-state index contributed by atoms with van der Waals surface area (Å²) < 4.78 is 59.6. The molecule has 31 heavy (non-hydrogen) atoms. The first-order valence-electron chi connectivity index (χ1n) is 9.69. The summed E-state index contributed by atoms with van der Waals surface area (Å²) in [5, 5.41) is 2.61. The van der Waals surface area contributed by atoms with E-state index in [1.54, 1.807) is 19.1 Å². The van der Waals surface area contributed by atoms with E-state index < -0.39 is 26.0 Å². The first kappa shape index (κ1) is 23.4. The summed E-state index contributed by atoms with van der Waals surface area (Å²) in [5.74, 6) is -0.562. The third-order valence-corrected chi connectivity index (χ3v) is 7.91. The standard InChI is InChI=1S/C20H25N3O6S2/c1-14-8-9-16(12-19(14)31(27,28)21-2)23-20(24)15-5-3-7-18(11-15)30(25,26)22-13-17-6-4-10-29-17/h3,5,7-9,11-12,17,21-22H,4,6,10,13H2,1-2H3,(H,23,24). The Kier molecular flexibility index (Phi) is 7.12. The minimum atomic E-state index is -3.81. The van der Waals surface area contributed by atoms with Gasteiger partial charge < -0.3 is 10.1 Å². The predicted molar refractivity (Wildman–Crippen MR) is 116 cm³/mol. The van der Waals surface area contributed by atoms with Crippen molar-refractivity contribution in [3.05, 3.63) is 53.6 Å². The van der Waals surface area contributed by atoms with Crippen LogP contribution in [-0.4, -0.2) is 49.0 Å². The normalized spacial score (nSPS) is 16.9. The molecule has 0 bridgehead atoms. The number of aryl methyl sites for hydroxylation is 1. The Balaban J connectivity index is 1.76. The molecule has 1 saturated heterocycles. The lowest BCUT2D eigenvalue weighted by atomic mass is 10.2. The molecule has 3 rings (SSSR count). The van der Waals surface area contributed by atoms with E-state index in [1.165, 1.54) is 37.4 Å². The highest BCUT2D eigenvalue weighted by Gasteiger charge is 2.21. The van der Waals surface area contributed by atoms with Crippen molar-refractivity contribution in [3.8, 4) is 0 Å². The summed E-state index contributed by atoms with van der Waals surface area (Å²) in [6.07, 6.45) is 1.55. The molecule has 1 heterocycles. The number of rotatable bonds is 8. The molecule has 1 aliphatic rings. The molecule has 0 aliphatic carbocycles. The third kappa shape index (κ3) is 5.69. The highest BCUT2D eigenvalue weighted by molar-refractivity contribution is 7.89. The Bertz CT molecular complexity index is 1170. The fraction of sp³-hybridized carbons (Fsp3) is 0.350. The first-order chi connectivity index (χ1) is 14.6. The Morgan fingerprint density at radius 2 is 1.87 bits per heavy atom. The Hall–Kier alpha value is -2.31. The highest BCUT2D eigenvalue weighted by Crippen LogP contribution is 2.21. The number of carbonyl (C=O) groups is 1. The first-order valence-corrected chi connectivity index (χ1v) is 12.7. The number of hydrogen-bond acceptors (Lipinski definition) is 6. The number of ether oxygens (including phenoxy) is 1. The van der Waals surface area contributed by atoms with Crippen molar-refractivity contribution < 1.29 is 26.4 Å². The second-order valence-corrected chi connectivity index (χ2v) is 10.8. The van der Waals surface area contributed by atoms with Gasteiger partial charge in [-0.2, -0.15) is 0 Å². The van der Waals surface area contributed by atoms with Crippen LogP contribution in [0.4, 0.5) is 5.69 Å². The van der Waals surface area contributed by atoms with E-state index in [-0.39, 0.29) is 33.7 Å². The second-order valence-electron chi connectivity index (χ2n) is 7.16. The lowest BCUT2D eigenvalue weighted by Gasteiger charge is -2.13. The molecular formula is C20H25N3O6S2. The van der Waals surface area contributed by atoms with Crippen LogP contribution in [0.5, 0.6) is 0 Å². The average Bonchev–Trinajstić information content (AvgIpc) is 3.27. The molecule has 0 spiro atoms.